The molecule has 156 valence electrons. The number of hydrogen-bond acceptors (Lipinski definition) is 7. The van der Waals surface area contributed by atoms with E-state index >= 15 is 0 Å². The molecule has 0 N–H and O–H groups in total. The third-order valence-electron chi connectivity index (χ3n) is 4.27. The molecule has 1 atom stereocenters. The van der Waals surface area contributed by atoms with E-state index in [9.17, 15) is 35.1 Å². The highest BCUT2D eigenvalue weighted by atomic mass is 16.7. The minimum Gasteiger partial charge on any atom is -0.287 e. The average molecular weight is 397 g/mol. The van der Waals surface area contributed by atoms with Crippen LogP contribution in [0.2, 0.25) is 0 Å². The fourth-order valence-corrected chi connectivity index (χ4v) is 2.61. The standard InChI is InChI=1S/C18H27N3O7/c1-2-3-4-5-6-7-8-9-10-11-12-13-14-15-17(19(23)24)18(16-22,20(25)26)21(27)28/h9-10,16-17H,2-5,8,11-15H2,1H3/b10-9+. The molecule has 0 rings (SSSR count). The third kappa shape index (κ3) is 8.24. The minimum absolute atomic E-state index is 0.175. The summed E-state index contributed by atoms with van der Waals surface area (Å²) >= 11 is 0. The van der Waals surface area contributed by atoms with Crippen LogP contribution in [0.5, 0.6) is 0 Å². The second-order valence-electron chi connectivity index (χ2n) is 6.34. The van der Waals surface area contributed by atoms with Gasteiger partial charge in [0.2, 0.25) is 0 Å². The normalized spacial score (nSPS) is 12.2. The summed E-state index contributed by atoms with van der Waals surface area (Å²) in [5.74, 6) is 6.13. The molecule has 0 aromatic heterocycles. The van der Waals surface area contributed by atoms with Crippen molar-refractivity contribution in [1.82, 2.24) is 0 Å². The number of nitrogens with zero attached hydrogens (tertiary/aromatic N) is 3. The first-order valence-corrected chi connectivity index (χ1v) is 9.34. The van der Waals surface area contributed by atoms with Crippen LogP contribution in [-0.2, 0) is 4.79 Å². The summed E-state index contributed by atoms with van der Waals surface area (Å²) < 4.78 is 0. The number of aldehydes is 1. The van der Waals surface area contributed by atoms with Gasteiger partial charge in [-0.3, -0.25) is 35.1 Å². The van der Waals surface area contributed by atoms with Gasteiger partial charge in [0.1, 0.15) is 9.85 Å². The molecule has 10 heteroatoms. The lowest BCUT2D eigenvalue weighted by Gasteiger charge is -2.15. The fraction of sp³-hybridized carbons (Fsp3) is 0.722. The van der Waals surface area contributed by atoms with Gasteiger partial charge in [0.05, 0.1) is 0 Å². The zero-order valence-corrected chi connectivity index (χ0v) is 16.1. The van der Waals surface area contributed by atoms with Crippen LogP contribution < -0.4 is 0 Å². The van der Waals surface area contributed by atoms with Crippen LogP contribution in [0.4, 0.5) is 0 Å². The van der Waals surface area contributed by atoms with E-state index in [0.717, 1.165) is 19.3 Å². The molecule has 0 fully saturated rings. The average Bonchev–Trinajstić information content (AvgIpc) is 2.63. The third-order valence-corrected chi connectivity index (χ3v) is 4.27. The first-order valence-electron chi connectivity index (χ1n) is 9.34. The number of hydrogen-bond donors (Lipinski definition) is 0. The van der Waals surface area contributed by atoms with Gasteiger partial charge in [0.25, 0.3) is 6.29 Å². The zero-order valence-electron chi connectivity index (χ0n) is 16.1. The van der Waals surface area contributed by atoms with Crippen LogP contribution in [0.3, 0.4) is 0 Å². The number of nitro groups is 3. The van der Waals surface area contributed by atoms with Gasteiger partial charge in [0.15, 0.2) is 0 Å². The van der Waals surface area contributed by atoms with Gasteiger partial charge in [-0.2, -0.15) is 0 Å². The van der Waals surface area contributed by atoms with Crippen molar-refractivity contribution < 1.29 is 19.6 Å². The van der Waals surface area contributed by atoms with Gasteiger partial charge < -0.3 is 0 Å². The Bertz CT molecular complexity index is 608. The van der Waals surface area contributed by atoms with Gasteiger partial charge in [-0.1, -0.05) is 44.3 Å². The summed E-state index contributed by atoms with van der Waals surface area (Å²) in [7, 11) is 0. The molecule has 0 heterocycles. The van der Waals surface area contributed by atoms with Gasteiger partial charge in [-0.15, -0.1) is 5.92 Å². The molecule has 0 aromatic rings. The van der Waals surface area contributed by atoms with Crippen molar-refractivity contribution in [2.45, 2.75) is 82.8 Å². The topological polar surface area (TPSA) is 146 Å². The minimum atomic E-state index is -3.45. The quantitative estimate of drug-likeness (QED) is 0.0780. The molecule has 0 spiro atoms. The summed E-state index contributed by atoms with van der Waals surface area (Å²) in [5, 5.41) is 33.0. The van der Waals surface area contributed by atoms with Crippen molar-refractivity contribution in [3.05, 3.63) is 42.5 Å². The van der Waals surface area contributed by atoms with Crippen molar-refractivity contribution in [3.8, 4) is 11.8 Å². The van der Waals surface area contributed by atoms with Gasteiger partial charge >= 0.3 is 11.7 Å². The SMILES string of the molecule is CCCCCC#CC/C=C/CCCCCC([N+](=O)[O-])C(C=O)([N+](=O)[O-])[N+](=O)[O-]. The molecule has 0 saturated heterocycles. The maximum atomic E-state index is 11.1. The summed E-state index contributed by atoms with van der Waals surface area (Å²) in [6.45, 7) is 2.14. The van der Waals surface area contributed by atoms with E-state index in [1.54, 1.807) is 0 Å². The predicted octanol–water partition coefficient (Wildman–Crippen LogP) is 3.56. The van der Waals surface area contributed by atoms with Crippen molar-refractivity contribution in [2.24, 2.45) is 0 Å². The molecular weight excluding hydrogens is 370 g/mol. The largest absolute Gasteiger partial charge is 0.577 e. The smallest absolute Gasteiger partial charge is 0.287 e. The Balaban J connectivity index is 4.33. The molecular formula is C18H27N3O7. The monoisotopic (exact) mass is 397 g/mol. The molecule has 0 aliphatic carbocycles. The van der Waals surface area contributed by atoms with E-state index in [0.29, 0.717) is 25.7 Å². The fourth-order valence-electron chi connectivity index (χ4n) is 2.61. The summed E-state index contributed by atoms with van der Waals surface area (Å²) in [6, 6.07) is -2.20. The second kappa shape index (κ2) is 14.3. The Labute approximate surface area is 163 Å². The van der Waals surface area contributed by atoms with E-state index in [1.807, 2.05) is 12.2 Å². The molecule has 0 aromatic carbocycles. The first kappa shape index (κ1) is 25.2. The summed E-state index contributed by atoms with van der Waals surface area (Å²) in [5.41, 5.74) is -3.45. The van der Waals surface area contributed by atoms with Crippen molar-refractivity contribution >= 4 is 6.29 Å². The number of unbranched alkanes of at least 4 members (excludes halogenated alkanes) is 6. The Hall–Kier alpha value is -2.83. The highest BCUT2D eigenvalue weighted by molar-refractivity contribution is 5.60. The summed E-state index contributed by atoms with van der Waals surface area (Å²) in [4.78, 5) is 39.9. The number of carbonyl (C=O) groups excluding carboxylic acids is 1. The number of rotatable bonds is 15. The van der Waals surface area contributed by atoms with Crippen LogP contribution in [0.25, 0.3) is 0 Å². The van der Waals surface area contributed by atoms with Gasteiger partial charge in [-0.05, 0) is 25.7 Å². The lowest BCUT2D eigenvalue weighted by Crippen LogP contribution is -2.60. The first-order chi connectivity index (χ1) is 13.3. The number of allylic oxidation sites excluding steroid dienone is 2. The molecule has 0 aliphatic heterocycles. The van der Waals surface area contributed by atoms with Gasteiger partial charge in [-0.25, -0.2) is 0 Å². The van der Waals surface area contributed by atoms with E-state index in [4.69, 9.17) is 0 Å². The Morgan fingerprint density at radius 3 is 2.14 bits per heavy atom. The maximum absolute atomic E-state index is 11.1. The molecule has 0 bridgehead atoms. The predicted molar refractivity (Wildman–Crippen MR) is 102 cm³/mol. The molecule has 10 nitrogen and oxygen atoms in total. The lowest BCUT2D eigenvalue weighted by atomic mass is 9.97. The zero-order chi connectivity index (χ0) is 21.4. The second-order valence-corrected chi connectivity index (χ2v) is 6.34. The Morgan fingerprint density at radius 1 is 0.929 bits per heavy atom. The Kier molecular flexibility index (Phi) is 12.8. The lowest BCUT2D eigenvalue weighted by molar-refractivity contribution is -0.812. The molecule has 0 radical (unpaired) electrons. The molecule has 28 heavy (non-hydrogen) atoms. The van der Waals surface area contributed by atoms with Crippen molar-refractivity contribution in [1.29, 1.82) is 0 Å². The molecule has 0 amide bonds. The van der Waals surface area contributed by atoms with Crippen LogP contribution in [0, 0.1) is 42.2 Å². The van der Waals surface area contributed by atoms with Crippen LogP contribution in [0.15, 0.2) is 12.2 Å². The Morgan fingerprint density at radius 2 is 1.61 bits per heavy atom. The van der Waals surface area contributed by atoms with Crippen molar-refractivity contribution in [2.75, 3.05) is 0 Å². The van der Waals surface area contributed by atoms with Gasteiger partial charge in [0, 0.05) is 24.2 Å². The van der Waals surface area contributed by atoms with E-state index in [1.165, 1.54) is 6.42 Å². The van der Waals surface area contributed by atoms with Crippen LogP contribution >= 0.6 is 0 Å². The van der Waals surface area contributed by atoms with E-state index in [2.05, 4.69) is 18.8 Å². The van der Waals surface area contributed by atoms with E-state index < -0.39 is 39.2 Å². The van der Waals surface area contributed by atoms with Crippen LogP contribution in [-0.4, -0.2) is 32.8 Å². The van der Waals surface area contributed by atoms with Crippen LogP contribution in [0.1, 0.15) is 71.1 Å². The molecule has 0 saturated carbocycles. The molecule has 1 unspecified atom stereocenters. The summed E-state index contributed by atoms with van der Waals surface area (Å²) in [6.07, 6.45) is 9.98. The molecule has 0 aliphatic rings. The highest BCUT2D eigenvalue weighted by Crippen LogP contribution is 2.22. The maximum Gasteiger partial charge on any atom is 0.577 e. The highest BCUT2D eigenvalue weighted by Gasteiger charge is 2.70. The number of carbonyl (C=O) groups is 1. The van der Waals surface area contributed by atoms with E-state index in [-0.39, 0.29) is 6.42 Å². The van der Waals surface area contributed by atoms with Crippen molar-refractivity contribution in [3.63, 3.8) is 0 Å².